The van der Waals surface area contributed by atoms with Crippen molar-refractivity contribution >= 4 is 11.0 Å². The molecular weight excluding hydrogens is 248 g/mol. The third-order valence-corrected chi connectivity index (χ3v) is 3.62. The molecule has 0 aliphatic rings. The minimum absolute atomic E-state index is 0.309. The highest BCUT2D eigenvalue weighted by atomic mass is 15.1. The van der Waals surface area contributed by atoms with Crippen molar-refractivity contribution in [1.29, 1.82) is 0 Å². The third-order valence-electron chi connectivity index (χ3n) is 3.62. The first kappa shape index (κ1) is 12.8. The molecule has 0 saturated carbocycles. The molecule has 1 atom stereocenters. The Bertz CT molecular complexity index is 696. The van der Waals surface area contributed by atoms with E-state index in [4.69, 9.17) is 0 Å². The maximum Gasteiger partial charge on any atom is 0.100 e. The van der Waals surface area contributed by atoms with Crippen LogP contribution in [0.1, 0.15) is 25.1 Å². The summed E-state index contributed by atoms with van der Waals surface area (Å²) in [5, 5.41) is 3.27. The number of aromatic nitrogens is 3. The van der Waals surface area contributed by atoms with Crippen LogP contribution in [0.25, 0.3) is 16.7 Å². The van der Waals surface area contributed by atoms with E-state index in [1.807, 2.05) is 37.8 Å². The summed E-state index contributed by atoms with van der Waals surface area (Å²) in [6.07, 6.45) is 4.77. The van der Waals surface area contributed by atoms with Gasteiger partial charge >= 0.3 is 0 Å². The van der Waals surface area contributed by atoms with E-state index in [1.54, 1.807) is 0 Å². The Morgan fingerprint density at radius 1 is 1.15 bits per heavy atom. The number of imidazole rings is 1. The Morgan fingerprint density at radius 2 is 2.00 bits per heavy atom. The van der Waals surface area contributed by atoms with Crippen molar-refractivity contribution in [3.8, 4) is 5.69 Å². The number of pyridine rings is 1. The van der Waals surface area contributed by atoms with Gasteiger partial charge in [-0.05, 0) is 37.7 Å². The van der Waals surface area contributed by atoms with Crippen LogP contribution in [0, 0.1) is 0 Å². The number of benzene rings is 1. The fourth-order valence-electron chi connectivity index (χ4n) is 2.47. The molecule has 0 amide bonds. The molecule has 0 fully saturated rings. The molecule has 2 heterocycles. The van der Waals surface area contributed by atoms with Gasteiger partial charge in [-0.15, -0.1) is 0 Å². The molecule has 4 nitrogen and oxygen atoms in total. The van der Waals surface area contributed by atoms with E-state index >= 15 is 0 Å². The van der Waals surface area contributed by atoms with Crippen LogP contribution in [0.5, 0.6) is 0 Å². The minimum atomic E-state index is 0.309. The molecule has 2 aromatic heterocycles. The van der Waals surface area contributed by atoms with Crippen LogP contribution in [-0.2, 0) is 0 Å². The number of nitrogens with zero attached hydrogens (tertiary/aromatic N) is 3. The summed E-state index contributed by atoms with van der Waals surface area (Å²) in [5.74, 6) is 0. The summed E-state index contributed by atoms with van der Waals surface area (Å²) in [7, 11) is 1.97. The maximum atomic E-state index is 4.57. The Hall–Kier alpha value is -2.20. The van der Waals surface area contributed by atoms with Gasteiger partial charge in [0.25, 0.3) is 0 Å². The van der Waals surface area contributed by atoms with Crippen LogP contribution in [0.15, 0.2) is 48.9 Å². The Kier molecular flexibility index (Phi) is 3.48. The van der Waals surface area contributed by atoms with Crippen LogP contribution in [0.4, 0.5) is 0 Å². The van der Waals surface area contributed by atoms with Crippen molar-refractivity contribution in [3.05, 3.63) is 54.6 Å². The summed E-state index contributed by atoms with van der Waals surface area (Å²) in [6, 6.07) is 12.6. The van der Waals surface area contributed by atoms with Gasteiger partial charge in [0.1, 0.15) is 6.33 Å². The zero-order valence-electron chi connectivity index (χ0n) is 11.7. The molecule has 0 bridgehead atoms. The first-order valence-corrected chi connectivity index (χ1v) is 6.89. The molecule has 3 aromatic rings. The third kappa shape index (κ3) is 2.18. The van der Waals surface area contributed by atoms with Gasteiger partial charge < -0.3 is 5.32 Å². The van der Waals surface area contributed by atoms with Crippen molar-refractivity contribution < 1.29 is 0 Å². The lowest BCUT2D eigenvalue weighted by Crippen LogP contribution is -2.16. The van der Waals surface area contributed by atoms with Crippen molar-refractivity contribution in [2.24, 2.45) is 0 Å². The molecule has 20 heavy (non-hydrogen) atoms. The summed E-state index contributed by atoms with van der Waals surface area (Å²) in [5.41, 5.74) is 4.21. The number of hydrogen-bond acceptors (Lipinski definition) is 3. The highest BCUT2D eigenvalue weighted by Crippen LogP contribution is 2.19. The van der Waals surface area contributed by atoms with E-state index in [2.05, 4.69) is 45.0 Å². The molecule has 1 N–H and O–H groups in total. The van der Waals surface area contributed by atoms with Gasteiger partial charge in [-0.1, -0.05) is 19.1 Å². The van der Waals surface area contributed by atoms with Gasteiger partial charge in [0.2, 0.25) is 0 Å². The normalized spacial score (nSPS) is 12.7. The van der Waals surface area contributed by atoms with E-state index in [0.717, 1.165) is 28.8 Å². The van der Waals surface area contributed by atoms with E-state index in [-0.39, 0.29) is 0 Å². The van der Waals surface area contributed by atoms with Crippen LogP contribution in [0.2, 0.25) is 0 Å². The van der Waals surface area contributed by atoms with Gasteiger partial charge in [-0.25, -0.2) is 4.98 Å². The average molecular weight is 266 g/mol. The van der Waals surface area contributed by atoms with Gasteiger partial charge in [-0.3, -0.25) is 9.55 Å². The van der Waals surface area contributed by atoms with E-state index < -0.39 is 0 Å². The summed E-state index contributed by atoms with van der Waals surface area (Å²) in [6.45, 7) is 2.15. The second-order valence-electron chi connectivity index (χ2n) is 4.79. The van der Waals surface area contributed by atoms with E-state index in [0.29, 0.717) is 6.04 Å². The SMILES string of the molecule is CCC(NC)c1ccc(-n2cnc3ccccc32)cn1. The Morgan fingerprint density at radius 3 is 2.70 bits per heavy atom. The zero-order valence-corrected chi connectivity index (χ0v) is 11.7. The maximum absolute atomic E-state index is 4.57. The second kappa shape index (κ2) is 5.43. The largest absolute Gasteiger partial charge is 0.312 e. The highest BCUT2D eigenvalue weighted by molar-refractivity contribution is 5.77. The molecule has 102 valence electrons. The van der Waals surface area contributed by atoms with E-state index in [9.17, 15) is 0 Å². The number of fused-ring (bicyclic) bond motifs is 1. The smallest absolute Gasteiger partial charge is 0.100 e. The Balaban J connectivity index is 1.99. The average Bonchev–Trinajstić information content (AvgIpc) is 2.93. The fourth-order valence-corrected chi connectivity index (χ4v) is 2.47. The standard InChI is InChI=1S/C16H18N4/c1-3-13(17-2)14-9-8-12(10-18-14)20-11-19-15-6-4-5-7-16(15)20/h4-11,13,17H,3H2,1-2H3. The molecule has 0 aliphatic heterocycles. The lowest BCUT2D eigenvalue weighted by molar-refractivity contribution is 0.561. The van der Waals surface area contributed by atoms with Crippen molar-refractivity contribution in [2.75, 3.05) is 7.05 Å². The second-order valence-corrected chi connectivity index (χ2v) is 4.79. The summed E-state index contributed by atoms with van der Waals surface area (Å²) >= 11 is 0. The number of rotatable bonds is 4. The van der Waals surface area contributed by atoms with Crippen LogP contribution in [-0.4, -0.2) is 21.6 Å². The first-order chi connectivity index (χ1) is 9.83. The van der Waals surface area contributed by atoms with Gasteiger partial charge in [-0.2, -0.15) is 0 Å². The Labute approximate surface area is 118 Å². The quantitative estimate of drug-likeness (QED) is 0.789. The monoisotopic (exact) mass is 266 g/mol. The van der Waals surface area contributed by atoms with Crippen molar-refractivity contribution in [2.45, 2.75) is 19.4 Å². The molecule has 4 heteroatoms. The molecule has 0 aliphatic carbocycles. The van der Waals surface area contributed by atoms with Gasteiger partial charge in [0.15, 0.2) is 0 Å². The molecular formula is C16H18N4. The lowest BCUT2D eigenvalue weighted by atomic mass is 10.1. The zero-order chi connectivity index (χ0) is 13.9. The predicted molar refractivity (Wildman–Crippen MR) is 81.0 cm³/mol. The first-order valence-electron chi connectivity index (χ1n) is 6.89. The molecule has 0 radical (unpaired) electrons. The highest BCUT2D eigenvalue weighted by Gasteiger charge is 2.09. The van der Waals surface area contributed by atoms with Crippen LogP contribution in [0.3, 0.4) is 0 Å². The fraction of sp³-hybridized carbons (Fsp3) is 0.250. The summed E-state index contributed by atoms with van der Waals surface area (Å²) < 4.78 is 2.06. The minimum Gasteiger partial charge on any atom is -0.312 e. The van der Waals surface area contributed by atoms with Gasteiger partial charge in [0.05, 0.1) is 28.6 Å². The van der Waals surface area contributed by atoms with Gasteiger partial charge in [0, 0.05) is 6.04 Å². The molecule has 0 spiro atoms. The molecule has 1 aromatic carbocycles. The predicted octanol–water partition coefficient (Wildman–Crippen LogP) is 3.09. The lowest BCUT2D eigenvalue weighted by Gasteiger charge is -2.13. The molecule has 1 unspecified atom stereocenters. The van der Waals surface area contributed by atoms with E-state index in [1.165, 1.54) is 0 Å². The summed E-state index contributed by atoms with van der Waals surface area (Å²) in [4.78, 5) is 8.98. The van der Waals surface area contributed by atoms with Crippen molar-refractivity contribution in [1.82, 2.24) is 19.9 Å². The number of nitrogens with one attached hydrogen (secondary N) is 1. The molecule has 0 saturated heterocycles. The van der Waals surface area contributed by atoms with Crippen LogP contribution < -0.4 is 5.32 Å². The molecule has 3 rings (SSSR count). The topological polar surface area (TPSA) is 42.7 Å². The number of hydrogen-bond donors (Lipinski definition) is 1. The number of para-hydroxylation sites is 2. The van der Waals surface area contributed by atoms with Crippen molar-refractivity contribution in [3.63, 3.8) is 0 Å². The van der Waals surface area contributed by atoms with Crippen LogP contribution >= 0.6 is 0 Å².